The molecule has 5 heteroatoms. The molecule has 0 aromatic carbocycles. The number of piperazine rings is 1. The smallest absolute Gasteiger partial charge is 0.128 e. The Morgan fingerprint density at radius 1 is 1.19 bits per heavy atom. The van der Waals surface area contributed by atoms with Crippen LogP contribution in [0.4, 0.5) is 5.82 Å². The van der Waals surface area contributed by atoms with Gasteiger partial charge in [-0.15, -0.1) is 11.3 Å². The van der Waals surface area contributed by atoms with E-state index in [2.05, 4.69) is 58.3 Å². The van der Waals surface area contributed by atoms with Gasteiger partial charge in [0.05, 0.1) is 11.5 Å². The minimum absolute atomic E-state index is 0.326. The maximum Gasteiger partial charge on any atom is 0.128 e. The van der Waals surface area contributed by atoms with Crippen LogP contribution in [-0.2, 0) is 5.41 Å². The minimum Gasteiger partial charge on any atom is -0.354 e. The Morgan fingerprint density at radius 3 is 2.58 bits per heavy atom. The first-order valence-electron chi connectivity index (χ1n) is 9.49. The molecule has 1 saturated heterocycles. The summed E-state index contributed by atoms with van der Waals surface area (Å²) in [6.07, 6.45) is 3.86. The predicted molar refractivity (Wildman–Crippen MR) is 109 cm³/mol. The van der Waals surface area contributed by atoms with Crippen molar-refractivity contribution in [2.75, 3.05) is 37.6 Å². The number of rotatable bonds is 7. The summed E-state index contributed by atoms with van der Waals surface area (Å²) in [7, 11) is 0. The molecule has 0 amide bonds. The van der Waals surface area contributed by atoms with Crippen molar-refractivity contribution in [1.82, 2.24) is 9.88 Å². The lowest BCUT2D eigenvalue weighted by molar-refractivity contribution is 0.239. The summed E-state index contributed by atoms with van der Waals surface area (Å²) < 4.78 is 0. The van der Waals surface area contributed by atoms with Crippen LogP contribution in [0.1, 0.15) is 31.6 Å². The van der Waals surface area contributed by atoms with Gasteiger partial charge in [-0.25, -0.2) is 4.98 Å². The van der Waals surface area contributed by atoms with Gasteiger partial charge in [-0.2, -0.15) is 5.26 Å². The molecule has 3 heterocycles. The van der Waals surface area contributed by atoms with Crippen molar-refractivity contribution in [2.45, 2.75) is 32.1 Å². The molecule has 138 valence electrons. The van der Waals surface area contributed by atoms with Gasteiger partial charge in [0.25, 0.3) is 0 Å². The van der Waals surface area contributed by atoms with E-state index in [1.807, 2.05) is 18.3 Å². The number of hydrogen-bond acceptors (Lipinski definition) is 5. The topological polar surface area (TPSA) is 43.2 Å². The first-order valence-corrected chi connectivity index (χ1v) is 10.4. The quantitative estimate of drug-likeness (QED) is 0.736. The molecule has 0 bridgehead atoms. The summed E-state index contributed by atoms with van der Waals surface area (Å²) in [5, 5.41) is 12.0. The van der Waals surface area contributed by atoms with Gasteiger partial charge in [-0.1, -0.05) is 26.0 Å². The molecular weight excluding hydrogens is 340 g/mol. The van der Waals surface area contributed by atoms with E-state index in [4.69, 9.17) is 0 Å². The summed E-state index contributed by atoms with van der Waals surface area (Å²) in [4.78, 5) is 10.6. The average Bonchev–Trinajstić information content (AvgIpc) is 3.21. The Kier molecular flexibility index (Phi) is 6.29. The molecule has 26 heavy (non-hydrogen) atoms. The van der Waals surface area contributed by atoms with E-state index >= 15 is 0 Å². The van der Waals surface area contributed by atoms with Crippen molar-refractivity contribution in [3.8, 4) is 6.07 Å². The van der Waals surface area contributed by atoms with Gasteiger partial charge < -0.3 is 4.90 Å². The van der Waals surface area contributed by atoms with E-state index in [9.17, 15) is 5.26 Å². The van der Waals surface area contributed by atoms with Gasteiger partial charge in [0, 0.05) is 37.3 Å². The van der Waals surface area contributed by atoms with Crippen molar-refractivity contribution in [2.24, 2.45) is 5.92 Å². The Labute approximate surface area is 161 Å². The molecule has 0 N–H and O–H groups in total. The van der Waals surface area contributed by atoms with Crippen LogP contribution in [0.5, 0.6) is 0 Å². The van der Waals surface area contributed by atoms with Crippen molar-refractivity contribution < 1.29 is 0 Å². The Balaban J connectivity index is 1.51. The molecule has 2 aromatic rings. The fourth-order valence-corrected chi connectivity index (χ4v) is 4.85. The fourth-order valence-electron chi connectivity index (χ4n) is 3.79. The summed E-state index contributed by atoms with van der Waals surface area (Å²) in [5.41, 5.74) is -0.343. The van der Waals surface area contributed by atoms with Crippen LogP contribution >= 0.6 is 11.3 Å². The molecule has 1 fully saturated rings. The molecule has 0 spiro atoms. The Morgan fingerprint density at radius 2 is 2.00 bits per heavy atom. The van der Waals surface area contributed by atoms with E-state index in [-0.39, 0.29) is 5.41 Å². The highest BCUT2D eigenvalue weighted by Crippen LogP contribution is 2.39. The Hall–Kier alpha value is -1.90. The maximum absolute atomic E-state index is 9.95. The van der Waals surface area contributed by atoms with E-state index < -0.39 is 0 Å². The van der Waals surface area contributed by atoms with Gasteiger partial charge in [0.2, 0.25) is 0 Å². The van der Waals surface area contributed by atoms with Gasteiger partial charge >= 0.3 is 0 Å². The van der Waals surface area contributed by atoms with Crippen LogP contribution in [-0.4, -0.2) is 42.6 Å². The second-order valence-electron chi connectivity index (χ2n) is 7.34. The largest absolute Gasteiger partial charge is 0.354 e. The molecule has 1 aliphatic rings. The highest BCUT2D eigenvalue weighted by Gasteiger charge is 2.36. The number of aromatic nitrogens is 1. The first kappa shape index (κ1) is 18.9. The minimum atomic E-state index is -0.343. The molecule has 4 nitrogen and oxygen atoms in total. The second kappa shape index (κ2) is 8.66. The lowest BCUT2D eigenvalue weighted by Crippen LogP contribution is -2.47. The summed E-state index contributed by atoms with van der Waals surface area (Å²) in [6, 6.07) is 12.9. The van der Waals surface area contributed by atoms with Crippen LogP contribution in [0.2, 0.25) is 0 Å². The number of nitriles is 1. The van der Waals surface area contributed by atoms with Crippen molar-refractivity contribution in [3.05, 3.63) is 46.8 Å². The van der Waals surface area contributed by atoms with E-state index in [1.54, 1.807) is 11.3 Å². The summed E-state index contributed by atoms with van der Waals surface area (Å²) >= 11 is 1.72. The maximum atomic E-state index is 9.95. The number of hydrogen-bond donors (Lipinski definition) is 0. The van der Waals surface area contributed by atoms with E-state index in [1.165, 1.54) is 4.88 Å². The second-order valence-corrected chi connectivity index (χ2v) is 8.28. The molecular formula is C21H28N4S. The third kappa shape index (κ3) is 4.08. The van der Waals surface area contributed by atoms with E-state index in [0.29, 0.717) is 5.92 Å². The van der Waals surface area contributed by atoms with Crippen molar-refractivity contribution in [3.63, 3.8) is 0 Å². The predicted octanol–water partition coefficient (Wildman–Crippen LogP) is 4.16. The van der Waals surface area contributed by atoms with Crippen LogP contribution in [0, 0.1) is 17.2 Å². The monoisotopic (exact) mass is 368 g/mol. The lowest BCUT2D eigenvalue weighted by Gasteiger charge is -2.36. The number of nitrogens with zero attached hydrogens (tertiary/aromatic N) is 4. The molecule has 2 aromatic heterocycles. The van der Waals surface area contributed by atoms with Crippen molar-refractivity contribution in [1.29, 1.82) is 5.26 Å². The SMILES string of the molecule is CC(C)C(C#N)(CCCN1CCN(c2ccccn2)CC1)c1cccs1. The van der Waals surface area contributed by atoms with E-state index in [0.717, 1.165) is 51.4 Å². The van der Waals surface area contributed by atoms with Gasteiger partial charge in [-0.3, -0.25) is 4.90 Å². The molecule has 3 rings (SSSR count). The zero-order valence-corrected chi connectivity index (χ0v) is 16.6. The zero-order chi connectivity index (χ0) is 18.4. The number of anilines is 1. The third-order valence-corrected chi connectivity index (χ3v) is 6.58. The van der Waals surface area contributed by atoms with Gasteiger partial charge in [0.1, 0.15) is 5.82 Å². The van der Waals surface area contributed by atoms with Crippen LogP contribution in [0.25, 0.3) is 0 Å². The first-order chi connectivity index (χ1) is 12.7. The van der Waals surface area contributed by atoms with Crippen LogP contribution < -0.4 is 4.90 Å². The highest BCUT2D eigenvalue weighted by molar-refractivity contribution is 7.10. The lowest BCUT2D eigenvalue weighted by atomic mass is 9.73. The molecule has 0 aliphatic carbocycles. The molecule has 1 aliphatic heterocycles. The number of pyridine rings is 1. The molecule has 1 atom stereocenters. The van der Waals surface area contributed by atoms with Crippen LogP contribution in [0.15, 0.2) is 41.9 Å². The molecule has 0 radical (unpaired) electrons. The molecule has 0 saturated carbocycles. The average molecular weight is 369 g/mol. The normalized spacial score (nSPS) is 17.8. The van der Waals surface area contributed by atoms with Crippen LogP contribution in [0.3, 0.4) is 0 Å². The third-order valence-electron chi connectivity index (χ3n) is 5.54. The fraction of sp³-hybridized carbons (Fsp3) is 0.524. The van der Waals surface area contributed by atoms with Crippen molar-refractivity contribution >= 4 is 17.2 Å². The molecule has 1 unspecified atom stereocenters. The summed E-state index contributed by atoms with van der Waals surface area (Å²) in [5.74, 6) is 1.40. The van der Waals surface area contributed by atoms with Gasteiger partial charge in [-0.05, 0) is 48.9 Å². The van der Waals surface area contributed by atoms with Gasteiger partial charge in [0.15, 0.2) is 0 Å². The number of thiophene rings is 1. The Bertz CT molecular complexity index is 699. The zero-order valence-electron chi connectivity index (χ0n) is 15.8. The standard InChI is InChI=1S/C21H28N4S/c1-18(2)21(17-22,19-7-5-16-26-19)9-6-11-24-12-14-25(15-13-24)20-8-3-4-10-23-20/h3-5,7-8,10,16,18H,6,9,11-15H2,1-2H3. The summed E-state index contributed by atoms with van der Waals surface area (Å²) in [6.45, 7) is 9.60. The highest BCUT2D eigenvalue weighted by atomic mass is 32.1.